The van der Waals surface area contributed by atoms with Gasteiger partial charge in [-0.3, -0.25) is 14.9 Å². The molecule has 0 spiro atoms. The molecule has 1 N–H and O–H groups in total. The number of benzene rings is 2. The normalized spacial score (nSPS) is 16.4. The fourth-order valence-electron chi connectivity index (χ4n) is 3.15. The molecule has 118 valence electrons. The molecular weight excluding hydrogens is 292 g/mol. The number of aryl methyl sites for hydroxylation is 1. The number of nitrogens with zero attached hydrogens (tertiary/aromatic N) is 1. The molecule has 0 saturated carbocycles. The molecule has 2 aromatic rings. The van der Waals surface area contributed by atoms with Crippen molar-refractivity contribution in [2.24, 2.45) is 0 Å². The third-order valence-corrected chi connectivity index (χ3v) is 4.32. The molecule has 1 aliphatic rings. The highest BCUT2D eigenvalue weighted by Crippen LogP contribution is 2.30. The van der Waals surface area contributed by atoms with E-state index in [1.54, 1.807) is 6.07 Å². The van der Waals surface area contributed by atoms with Gasteiger partial charge in [0, 0.05) is 30.2 Å². The zero-order chi connectivity index (χ0) is 16.2. The summed E-state index contributed by atoms with van der Waals surface area (Å²) in [6.45, 7) is 0.554. The highest BCUT2D eigenvalue weighted by Gasteiger charge is 2.20. The summed E-state index contributed by atoms with van der Waals surface area (Å²) in [5.74, 6) is 0.0411. The lowest BCUT2D eigenvalue weighted by atomic mass is 9.83. The fourth-order valence-corrected chi connectivity index (χ4v) is 3.15. The first kappa shape index (κ1) is 15.2. The average Bonchev–Trinajstić information content (AvgIpc) is 2.59. The average molecular weight is 310 g/mol. The third-order valence-electron chi connectivity index (χ3n) is 4.32. The van der Waals surface area contributed by atoms with Crippen LogP contribution in [0, 0.1) is 10.1 Å². The summed E-state index contributed by atoms with van der Waals surface area (Å²) in [5, 5.41) is 13.7. The van der Waals surface area contributed by atoms with Crippen molar-refractivity contribution >= 4 is 11.6 Å². The van der Waals surface area contributed by atoms with Crippen LogP contribution in [0.1, 0.15) is 40.2 Å². The Hall–Kier alpha value is -2.69. The van der Waals surface area contributed by atoms with Gasteiger partial charge in [-0.2, -0.15) is 0 Å². The quantitative estimate of drug-likeness (QED) is 0.694. The predicted molar refractivity (Wildman–Crippen MR) is 87.6 cm³/mol. The monoisotopic (exact) mass is 310 g/mol. The SMILES string of the molecule is O=C(NCC1CCCc2ccccc21)c1cccc([N+](=O)[O-])c1. The number of carbonyl (C=O) groups excluding carboxylic acids is 1. The molecular formula is C18H18N2O3. The molecule has 1 unspecified atom stereocenters. The minimum absolute atomic E-state index is 0.0688. The van der Waals surface area contributed by atoms with Crippen molar-refractivity contribution < 1.29 is 9.72 Å². The molecule has 1 atom stereocenters. The Kier molecular flexibility index (Phi) is 4.37. The molecule has 0 saturated heterocycles. The Balaban J connectivity index is 1.68. The van der Waals surface area contributed by atoms with Crippen molar-refractivity contribution in [2.45, 2.75) is 25.2 Å². The Bertz CT molecular complexity index is 743. The molecule has 0 fully saturated rings. The number of hydrogen-bond acceptors (Lipinski definition) is 3. The first-order valence-electron chi connectivity index (χ1n) is 7.75. The second-order valence-corrected chi connectivity index (χ2v) is 5.81. The smallest absolute Gasteiger partial charge is 0.270 e. The maximum atomic E-state index is 12.2. The zero-order valence-electron chi connectivity index (χ0n) is 12.7. The maximum absolute atomic E-state index is 12.2. The molecule has 2 aromatic carbocycles. The number of nitrogens with one attached hydrogen (secondary N) is 1. The lowest BCUT2D eigenvalue weighted by Gasteiger charge is -2.25. The van der Waals surface area contributed by atoms with Crippen LogP contribution >= 0.6 is 0 Å². The fraction of sp³-hybridized carbons (Fsp3) is 0.278. The van der Waals surface area contributed by atoms with E-state index in [1.807, 2.05) is 12.1 Å². The van der Waals surface area contributed by atoms with Gasteiger partial charge < -0.3 is 5.32 Å². The lowest BCUT2D eigenvalue weighted by molar-refractivity contribution is -0.384. The molecule has 0 heterocycles. The van der Waals surface area contributed by atoms with Crippen LogP contribution in [0.25, 0.3) is 0 Å². The van der Waals surface area contributed by atoms with E-state index < -0.39 is 4.92 Å². The third kappa shape index (κ3) is 3.39. The Morgan fingerprint density at radius 1 is 1.22 bits per heavy atom. The summed E-state index contributed by atoms with van der Waals surface area (Å²) in [4.78, 5) is 22.5. The molecule has 5 nitrogen and oxygen atoms in total. The number of nitro benzene ring substituents is 1. The maximum Gasteiger partial charge on any atom is 0.270 e. The molecule has 0 aromatic heterocycles. The van der Waals surface area contributed by atoms with Gasteiger partial charge in [-0.15, -0.1) is 0 Å². The van der Waals surface area contributed by atoms with Crippen molar-refractivity contribution in [1.82, 2.24) is 5.32 Å². The van der Waals surface area contributed by atoms with Crippen molar-refractivity contribution in [2.75, 3.05) is 6.54 Å². The van der Waals surface area contributed by atoms with E-state index in [2.05, 4.69) is 17.4 Å². The molecule has 5 heteroatoms. The minimum atomic E-state index is -0.492. The summed E-state index contributed by atoms with van der Waals surface area (Å²) in [5.41, 5.74) is 2.91. The second-order valence-electron chi connectivity index (χ2n) is 5.81. The van der Waals surface area contributed by atoms with Crippen LogP contribution in [0.3, 0.4) is 0 Å². The summed E-state index contributed by atoms with van der Waals surface area (Å²) in [7, 11) is 0. The largest absolute Gasteiger partial charge is 0.351 e. The number of rotatable bonds is 4. The van der Waals surface area contributed by atoms with Crippen LogP contribution < -0.4 is 5.32 Å². The predicted octanol–water partition coefficient (Wildman–Crippen LogP) is 3.44. The summed E-state index contributed by atoms with van der Waals surface area (Å²) < 4.78 is 0. The van der Waals surface area contributed by atoms with E-state index in [9.17, 15) is 14.9 Å². The van der Waals surface area contributed by atoms with Crippen molar-refractivity contribution in [1.29, 1.82) is 0 Å². The van der Waals surface area contributed by atoms with E-state index in [4.69, 9.17) is 0 Å². The molecule has 23 heavy (non-hydrogen) atoms. The Labute approximate surface area is 134 Å². The van der Waals surface area contributed by atoms with Gasteiger partial charge in [0.15, 0.2) is 0 Å². The molecule has 3 rings (SSSR count). The standard InChI is InChI=1S/C18H18N2O3/c21-18(14-7-4-9-16(11-14)20(22)23)19-12-15-8-3-6-13-5-1-2-10-17(13)15/h1-2,4-5,7,9-11,15H,3,6,8,12H2,(H,19,21). The van der Waals surface area contributed by atoms with E-state index in [0.29, 0.717) is 18.0 Å². The Morgan fingerprint density at radius 2 is 2.04 bits per heavy atom. The second kappa shape index (κ2) is 6.60. The van der Waals surface area contributed by atoms with Crippen LogP contribution in [0.5, 0.6) is 0 Å². The number of amides is 1. The number of nitro groups is 1. The van der Waals surface area contributed by atoms with E-state index in [1.165, 1.54) is 29.3 Å². The summed E-state index contributed by atoms with van der Waals surface area (Å²) >= 11 is 0. The van der Waals surface area contributed by atoms with Gasteiger partial charge in [-0.05, 0) is 36.5 Å². The number of fused-ring (bicyclic) bond motifs is 1. The van der Waals surface area contributed by atoms with Crippen LogP contribution in [-0.4, -0.2) is 17.4 Å². The Morgan fingerprint density at radius 3 is 2.87 bits per heavy atom. The van der Waals surface area contributed by atoms with Gasteiger partial charge in [-0.1, -0.05) is 30.3 Å². The molecule has 0 aliphatic heterocycles. The first-order valence-corrected chi connectivity index (χ1v) is 7.75. The van der Waals surface area contributed by atoms with Crippen LogP contribution in [0.15, 0.2) is 48.5 Å². The van der Waals surface area contributed by atoms with Crippen molar-refractivity contribution in [3.63, 3.8) is 0 Å². The van der Waals surface area contributed by atoms with E-state index >= 15 is 0 Å². The van der Waals surface area contributed by atoms with Crippen molar-refractivity contribution in [3.8, 4) is 0 Å². The number of carbonyl (C=O) groups is 1. The summed E-state index contributed by atoms with van der Waals surface area (Å²) in [6.07, 6.45) is 3.26. The first-order chi connectivity index (χ1) is 11.1. The van der Waals surface area contributed by atoms with Crippen molar-refractivity contribution in [3.05, 3.63) is 75.3 Å². The van der Waals surface area contributed by atoms with Gasteiger partial charge in [0.1, 0.15) is 0 Å². The van der Waals surface area contributed by atoms with Gasteiger partial charge in [0.25, 0.3) is 11.6 Å². The highest BCUT2D eigenvalue weighted by atomic mass is 16.6. The van der Waals surface area contributed by atoms with Crippen LogP contribution in [0.4, 0.5) is 5.69 Å². The van der Waals surface area contributed by atoms with E-state index in [0.717, 1.165) is 19.3 Å². The molecule has 1 amide bonds. The summed E-state index contributed by atoms with van der Waals surface area (Å²) in [6, 6.07) is 14.2. The zero-order valence-corrected chi connectivity index (χ0v) is 12.7. The number of hydrogen-bond donors (Lipinski definition) is 1. The van der Waals surface area contributed by atoms with Crippen LogP contribution in [0.2, 0.25) is 0 Å². The number of non-ortho nitro benzene ring substituents is 1. The van der Waals surface area contributed by atoms with Gasteiger partial charge in [0.05, 0.1) is 4.92 Å². The molecule has 1 aliphatic carbocycles. The molecule has 0 radical (unpaired) electrons. The topological polar surface area (TPSA) is 72.2 Å². The van der Waals surface area contributed by atoms with Crippen LogP contribution in [-0.2, 0) is 6.42 Å². The minimum Gasteiger partial charge on any atom is -0.351 e. The highest BCUT2D eigenvalue weighted by molar-refractivity contribution is 5.94. The van der Waals surface area contributed by atoms with E-state index in [-0.39, 0.29) is 11.6 Å². The van der Waals surface area contributed by atoms with Gasteiger partial charge >= 0.3 is 0 Å². The lowest BCUT2D eigenvalue weighted by Crippen LogP contribution is -2.30. The molecule has 0 bridgehead atoms. The van der Waals surface area contributed by atoms with Gasteiger partial charge in [0.2, 0.25) is 0 Å². The van der Waals surface area contributed by atoms with Gasteiger partial charge in [-0.25, -0.2) is 0 Å².